The molecule has 0 aliphatic carbocycles. The van der Waals surface area contributed by atoms with Gasteiger partial charge in [-0.2, -0.15) is 0 Å². The smallest absolute Gasteiger partial charge is 0.281 e. The van der Waals surface area contributed by atoms with Crippen LogP contribution in [0.4, 0.5) is 0 Å². The molecule has 4 rings (SSSR count). The third-order valence-corrected chi connectivity index (χ3v) is 5.76. The number of nitrogens with zero attached hydrogens (tertiary/aromatic N) is 2. The third-order valence-electron chi connectivity index (χ3n) is 4.88. The summed E-state index contributed by atoms with van der Waals surface area (Å²) in [6.07, 6.45) is 1.33. The van der Waals surface area contributed by atoms with Gasteiger partial charge in [0, 0.05) is 10.9 Å². The average molecular weight is 434 g/mol. The van der Waals surface area contributed by atoms with E-state index >= 15 is 0 Å². The Labute approximate surface area is 184 Å². The molecule has 0 spiro atoms. The van der Waals surface area contributed by atoms with Crippen LogP contribution in [0.2, 0.25) is 0 Å². The number of amides is 1. The Morgan fingerprint density at radius 3 is 2.55 bits per heavy atom. The van der Waals surface area contributed by atoms with Crippen molar-refractivity contribution in [3.63, 3.8) is 0 Å². The second-order valence-corrected chi connectivity index (χ2v) is 9.04. The van der Waals surface area contributed by atoms with Crippen LogP contribution in [-0.4, -0.2) is 22.2 Å². The average Bonchev–Trinajstić information content (AvgIpc) is 3.19. The molecule has 4 aromatic rings. The first-order valence-electron chi connectivity index (χ1n) is 9.91. The summed E-state index contributed by atoms with van der Waals surface area (Å²) >= 11 is 1.40. The maximum atomic E-state index is 13.1. The van der Waals surface area contributed by atoms with Crippen LogP contribution in [0.1, 0.15) is 26.3 Å². The molecule has 2 heterocycles. The SMILES string of the molecule is CC(C)(C)c1ccccc1OCC(=O)Nn1cnc2scc(-c3ccccc3)c2c1=O. The Morgan fingerprint density at radius 2 is 1.81 bits per heavy atom. The van der Waals surface area contributed by atoms with E-state index in [0.29, 0.717) is 16.0 Å². The number of para-hydroxylation sites is 1. The maximum absolute atomic E-state index is 13.1. The molecule has 2 aromatic carbocycles. The van der Waals surface area contributed by atoms with Crippen molar-refractivity contribution in [3.05, 3.63) is 82.2 Å². The van der Waals surface area contributed by atoms with Gasteiger partial charge in [-0.25, -0.2) is 9.66 Å². The lowest BCUT2D eigenvalue weighted by Crippen LogP contribution is -2.35. The minimum Gasteiger partial charge on any atom is -0.483 e. The van der Waals surface area contributed by atoms with Crippen molar-refractivity contribution in [2.24, 2.45) is 0 Å². The first-order valence-corrected chi connectivity index (χ1v) is 10.8. The number of fused-ring (bicyclic) bond motifs is 1. The topological polar surface area (TPSA) is 73.2 Å². The van der Waals surface area contributed by atoms with E-state index in [9.17, 15) is 9.59 Å². The summed E-state index contributed by atoms with van der Waals surface area (Å²) in [4.78, 5) is 30.5. The Kier molecular flexibility index (Phi) is 5.61. The van der Waals surface area contributed by atoms with Gasteiger partial charge in [0.2, 0.25) is 0 Å². The number of thiophene rings is 1. The Morgan fingerprint density at radius 1 is 1.10 bits per heavy atom. The van der Waals surface area contributed by atoms with E-state index in [1.807, 2.05) is 60.0 Å². The minimum atomic E-state index is -0.441. The summed E-state index contributed by atoms with van der Waals surface area (Å²) in [7, 11) is 0. The van der Waals surface area contributed by atoms with Gasteiger partial charge in [0.05, 0.1) is 5.39 Å². The molecular weight excluding hydrogens is 410 g/mol. The first-order chi connectivity index (χ1) is 14.8. The highest BCUT2D eigenvalue weighted by Gasteiger charge is 2.19. The second-order valence-electron chi connectivity index (χ2n) is 8.19. The number of hydrogen-bond acceptors (Lipinski definition) is 5. The van der Waals surface area contributed by atoms with Crippen LogP contribution >= 0.6 is 11.3 Å². The quantitative estimate of drug-likeness (QED) is 0.500. The number of benzene rings is 2. The molecule has 158 valence electrons. The molecule has 6 nitrogen and oxygen atoms in total. The van der Waals surface area contributed by atoms with E-state index in [2.05, 4.69) is 31.2 Å². The number of aromatic nitrogens is 2. The molecule has 0 unspecified atom stereocenters. The van der Waals surface area contributed by atoms with Crippen molar-refractivity contribution >= 4 is 27.5 Å². The van der Waals surface area contributed by atoms with Gasteiger partial charge in [-0.15, -0.1) is 11.3 Å². The maximum Gasteiger partial charge on any atom is 0.281 e. The Bertz CT molecular complexity index is 1290. The molecular formula is C24H23N3O3S. The predicted molar refractivity (Wildman–Crippen MR) is 124 cm³/mol. The van der Waals surface area contributed by atoms with Crippen LogP contribution in [0.25, 0.3) is 21.3 Å². The standard InChI is InChI=1S/C24H23N3O3S/c1-24(2,3)18-11-7-8-12-19(18)30-13-20(28)26-27-15-25-22-21(23(27)29)17(14-31-22)16-9-5-4-6-10-16/h4-12,14-15H,13H2,1-3H3,(H,26,28). The molecule has 0 aliphatic rings. The molecule has 31 heavy (non-hydrogen) atoms. The summed E-state index contributed by atoms with van der Waals surface area (Å²) in [5.41, 5.74) is 4.88. The van der Waals surface area contributed by atoms with Crippen molar-refractivity contribution in [2.45, 2.75) is 26.2 Å². The van der Waals surface area contributed by atoms with Gasteiger partial charge in [0.1, 0.15) is 16.9 Å². The van der Waals surface area contributed by atoms with Crippen molar-refractivity contribution in [1.29, 1.82) is 0 Å². The van der Waals surface area contributed by atoms with Gasteiger partial charge >= 0.3 is 0 Å². The molecule has 0 fully saturated rings. The predicted octanol–water partition coefficient (Wildman–Crippen LogP) is 4.57. The molecule has 1 amide bonds. The zero-order valence-electron chi connectivity index (χ0n) is 17.6. The number of rotatable bonds is 5. The van der Waals surface area contributed by atoms with E-state index in [-0.39, 0.29) is 17.6 Å². The molecule has 0 bridgehead atoms. The summed E-state index contributed by atoms with van der Waals surface area (Å²) in [6, 6.07) is 17.3. The fraction of sp³-hybridized carbons (Fsp3) is 0.208. The number of carbonyl (C=O) groups is 1. The van der Waals surface area contributed by atoms with Gasteiger partial charge in [0.25, 0.3) is 11.5 Å². The highest BCUT2D eigenvalue weighted by atomic mass is 32.1. The third kappa shape index (κ3) is 4.36. The highest BCUT2D eigenvalue weighted by Crippen LogP contribution is 2.31. The molecule has 7 heteroatoms. The minimum absolute atomic E-state index is 0.119. The fourth-order valence-corrected chi connectivity index (χ4v) is 4.27. The molecule has 2 aromatic heterocycles. The van der Waals surface area contributed by atoms with Gasteiger partial charge in [-0.05, 0) is 22.6 Å². The summed E-state index contributed by atoms with van der Waals surface area (Å²) in [5.74, 6) is 0.207. The Balaban J connectivity index is 1.55. The van der Waals surface area contributed by atoms with Gasteiger partial charge in [-0.3, -0.25) is 15.0 Å². The van der Waals surface area contributed by atoms with Crippen LogP contribution < -0.4 is 15.7 Å². The molecule has 0 saturated carbocycles. The zero-order chi connectivity index (χ0) is 22.0. The van der Waals surface area contributed by atoms with Crippen LogP contribution in [-0.2, 0) is 10.2 Å². The van der Waals surface area contributed by atoms with E-state index in [0.717, 1.165) is 21.4 Å². The number of nitrogens with one attached hydrogen (secondary N) is 1. The van der Waals surface area contributed by atoms with E-state index in [1.54, 1.807) is 0 Å². The fourth-order valence-electron chi connectivity index (χ4n) is 3.36. The van der Waals surface area contributed by atoms with Gasteiger partial charge in [0.15, 0.2) is 6.61 Å². The highest BCUT2D eigenvalue weighted by molar-refractivity contribution is 7.17. The van der Waals surface area contributed by atoms with Crippen LogP contribution in [0.3, 0.4) is 0 Å². The van der Waals surface area contributed by atoms with Crippen LogP contribution in [0.5, 0.6) is 5.75 Å². The van der Waals surface area contributed by atoms with E-state index in [4.69, 9.17) is 4.74 Å². The van der Waals surface area contributed by atoms with Crippen molar-refractivity contribution < 1.29 is 9.53 Å². The lowest BCUT2D eigenvalue weighted by Gasteiger charge is -2.22. The van der Waals surface area contributed by atoms with Gasteiger partial charge < -0.3 is 4.74 Å². The summed E-state index contributed by atoms with van der Waals surface area (Å²) < 4.78 is 6.87. The molecule has 0 saturated heterocycles. The number of hydrogen-bond donors (Lipinski definition) is 1. The molecule has 1 N–H and O–H groups in total. The zero-order valence-corrected chi connectivity index (χ0v) is 18.4. The summed E-state index contributed by atoms with van der Waals surface area (Å²) in [6.45, 7) is 6.04. The van der Waals surface area contributed by atoms with Crippen molar-refractivity contribution in [3.8, 4) is 16.9 Å². The van der Waals surface area contributed by atoms with Crippen molar-refractivity contribution in [2.75, 3.05) is 12.0 Å². The molecule has 0 aliphatic heterocycles. The number of ether oxygens (including phenoxy) is 1. The second kappa shape index (κ2) is 8.35. The largest absolute Gasteiger partial charge is 0.483 e. The number of carbonyl (C=O) groups excluding carboxylic acids is 1. The lowest BCUT2D eigenvalue weighted by atomic mass is 9.86. The monoisotopic (exact) mass is 433 g/mol. The van der Waals surface area contributed by atoms with E-state index in [1.165, 1.54) is 17.7 Å². The van der Waals surface area contributed by atoms with Crippen LogP contribution in [0.15, 0.2) is 71.1 Å². The van der Waals surface area contributed by atoms with Crippen molar-refractivity contribution in [1.82, 2.24) is 9.66 Å². The van der Waals surface area contributed by atoms with E-state index < -0.39 is 5.91 Å². The summed E-state index contributed by atoms with van der Waals surface area (Å²) in [5, 5.41) is 2.39. The van der Waals surface area contributed by atoms with Crippen LogP contribution in [0, 0.1) is 0 Å². The van der Waals surface area contributed by atoms with Gasteiger partial charge in [-0.1, -0.05) is 69.3 Å². The Hall–Kier alpha value is -3.45. The normalized spacial score (nSPS) is 11.5. The molecule has 0 radical (unpaired) electrons. The molecule has 0 atom stereocenters. The first kappa shape index (κ1) is 20.8. The lowest BCUT2D eigenvalue weighted by molar-refractivity contribution is -0.119.